The second kappa shape index (κ2) is 11.2. The summed E-state index contributed by atoms with van der Waals surface area (Å²) < 4.78 is 5.29. The average Bonchev–Trinajstić information content (AvgIpc) is 2.96. The van der Waals surface area contributed by atoms with Gasteiger partial charge < -0.3 is 15.4 Å². The fraction of sp³-hybridized carbons (Fsp3) is 0.733. The van der Waals surface area contributed by atoms with Crippen molar-refractivity contribution in [3.8, 4) is 0 Å². The van der Waals surface area contributed by atoms with Crippen molar-refractivity contribution in [3.63, 3.8) is 0 Å². The topological polar surface area (TPSA) is 63.2 Å². The zero-order chi connectivity index (χ0) is 15.1. The molecule has 0 spiro atoms. The SMILES string of the molecule is CCc1nc(CCNC(=O)C2(COC)CCNCC2)cs1.Cl.Cl. The number of hydrogen-bond acceptors (Lipinski definition) is 5. The van der Waals surface area contributed by atoms with Gasteiger partial charge >= 0.3 is 0 Å². The van der Waals surface area contributed by atoms with Crippen LogP contribution < -0.4 is 10.6 Å². The summed E-state index contributed by atoms with van der Waals surface area (Å²) in [4.78, 5) is 17.0. The minimum absolute atomic E-state index is 0. The Balaban J connectivity index is 0.00000242. The number of piperidine rings is 1. The van der Waals surface area contributed by atoms with Crippen molar-refractivity contribution in [1.29, 1.82) is 0 Å². The molecule has 1 aromatic rings. The molecule has 2 N–H and O–H groups in total. The highest BCUT2D eigenvalue weighted by Crippen LogP contribution is 2.29. The first kappa shape index (κ1) is 22.6. The smallest absolute Gasteiger partial charge is 0.228 e. The number of aromatic nitrogens is 1. The number of methoxy groups -OCH3 is 1. The van der Waals surface area contributed by atoms with Gasteiger partial charge in [0, 0.05) is 25.5 Å². The van der Waals surface area contributed by atoms with Gasteiger partial charge in [0.1, 0.15) is 0 Å². The van der Waals surface area contributed by atoms with Crippen LogP contribution in [0.25, 0.3) is 0 Å². The van der Waals surface area contributed by atoms with Crippen molar-refractivity contribution < 1.29 is 9.53 Å². The quantitative estimate of drug-likeness (QED) is 0.757. The van der Waals surface area contributed by atoms with Gasteiger partial charge in [0.15, 0.2) is 0 Å². The van der Waals surface area contributed by atoms with Gasteiger partial charge in [-0.2, -0.15) is 0 Å². The number of nitrogens with one attached hydrogen (secondary N) is 2. The largest absolute Gasteiger partial charge is 0.384 e. The Kier molecular flexibility index (Phi) is 11.0. The van der Waals surface area contributed by atoms with Crippen LogP contribution in [-0.2, 0) is 22.4 Å². The van der Waals surface area contributed by atoms with Crippen LogP contribution in [0.15, 0.2) is 5.38 Å². The van der Waals surface area contributed by atoms with Gasteiger partial charge in [0.2, 0.25) is 5.91 Å². The predicted octanol–water partition coefficient (Wildman–Crippen LogP) is 2.22. The van der Waals surface area contributed by atoms with E-state index in [1.165, 1.54) is 0 Å². The minimum atomic E-state index is -0.364. The van der Waals surface area contributed by atoms with E-state index in [9.17, 15) is 4.79 Å². The van der Waals surface area contributed by atoms with Crippen LogP contribution in [0.5, 0.6) is 0 Å². The zero-order valence-electron chi connectivity index (χ0n) is 13.7. The average molecular weight is 384 g/mol. The maximum atomic E-state index is 12.5. The number of rotatable bonds is 7. The lowest BCUT2D eigenvalue weighted by atomic mass is 9.78. The van der Waals surface area contributed by atoms with Crippen LogP contribution in [0.4, 0.5) is 0 Å². The molecule has 0 atom stereocenters. The van der Waals surface area contributed by atoms with E-state index >= 15 is 0 Å². The summed E-state index contributed by atoms with van der Waals surface area (Å²) in [6.07, 6.45) is 3.44. The summed E-state index contributed by atoms with van der Waals surface area (Å²) in [5, 5.41) is 9.61. The highest BCUT2D eigenvalue weighted by Gasteiger charge is 2.39. The van der Waals surface area contributed by atoms with Crippen molar-refractivity contribution >= 4 is 42.1 Å². The molecule has 1 amide bonds. The Morgan fingerprint density at radius 2 is 2.13 bits per heavy atom. The van der Waals surface area contributed by atoms with Gasteiger partial charge in [-0.05, 0) is 32.4 Å². The first-order chi connectivity index (χ1) is 10.2. The third kappa shape index (κ3) is 6.19. The van der Waals surface area contributed by atoms with Crippen molar-refractivity contribution in [3.05, 3.63) is 16.1 Å². The van der Waals surface area contributed by atoms with Crippen molar-refractivity contribution in [2.75, 3.05) is 33.4 Å². The Bertz CT molecular complexity index is 460. The van der Waals surface area contributed by atoms with Crippen molar-refractivity contribution in [2.45, 2.75) is 32.6 Å². The molecule has 0 aromatic carbocycles. The molecule has 134 valence electrons. The molecule has 23 heavy (non-hydrogen) atoms. The van der Waals surface area contributed by atoms with Crippen LogP contribution in [-0.4, -0.2) is 44.2 Å². The van der Waals surface area contributed by atoms with Crippen LogP contribution in [0.2, 0.25) is 0 Å². The molecule has 1 aliphatic heterocycles. The number of carbonyl (C=O) groups excluding carboxylic acids is 1. The van der Waals surface area contributed by atoms with Crippen LogP contribution >= 0.6 is 36.2 Å². The molecule has 0 aliphatic carbocycles. The molecule has 1 saturated heterocycles. The first-order valence-electron chi connectivity index (χ1n) is 7.61. The number of hydrogen-bond donors (Lipinski definition) is 2. The highest BCUT2D eigenvalue weighted by molar-refractivity contribution is 7.09. The molecule has 0 unspecified atom stereocenters. The van der Waals surface area contributed by atoms with E-state index in [4.69, 9.17) is 4.74 Å². The number of amides is 1. The molecule has 1 aliphatic rings. The van der Waals surface area contributed by atoms with Gasteiger partial charge in [-0.25, -0.2) is 4.98 Å². The van der Waals surface area contributed by atoms with Crippen LogP contribution in [0, 0.1) is 5.41 Å². The molecular weight excluding hydrogens is 357 g/mol. The van der Waals surface area contributed by atoms with Crippen molar-refractivity contribution in [1.82, 2.24) is 15.6 Å². The van der Waals surface area contributed by atoms with Crippen LogP contribution in [0.3, 0.4) is 0 Å². The summed E-state index contributed by atoms with van der Waals surface area (Å²) in [7, 11) is 1.67. The number of nitrogens with zero attached hydrogens (tertiary/aromatic N) is 1. The molecule has 2 rings (SSSR count). The van der Waals surface area contributed by atoms with E-state index in [1.807, 2.05) is 0 Å². The standard InChI is InChI=1S/C15H25N3O2S.2ClH/c1-3-13-18-12(10-21-13)4-7-17-14(19)15(11-20-2)5-8-16-9-6-15;;/h10,16H,3-9,11H2,1-2H3,(H,17,19);2*1H. The fourth-order valence-corrected chi connectivity index (χ4v) is 3.52. The molecular formula is C15H27Cl2N3O2S. The second-order valence-electron chi connectivity index (χ2n) is 5.56. The van der Waals surface area contributed by atoms with Gasteiger partial charge in [-0.1, -0.05) is 6.92 Å². The molecule has 0 radical (unpaired) electrons. The number of carbonyl (C=O) groups is 1. The van der Waals surface area contributed by atoms with Gasteiger partial charge in [0.25, 0.3) is 0 Å². The van der Waals surface area contributed by atoms with Gasteiger partial charge in [-0.15, -0.1) is 36.2 Å². The summed E-state index contributed by atoms with van der Waals surface area (Å²) in [5.41, 5.74) is 0.708. The number of aryl methyl sites for hydroxylation is 1. The van der Waals surface area contributed by atoms with Crippen molar-refractivity contribution in [2.24, 2.45) is 5.41 Å². The minimum Gasteiger partial charge on any atom is -0.384 e. The molecule has 1 fully saturated rings. The monoisotopic (exact) mass is 383 g/mol. The van der Waals surface area contributed by atoms with E-state index in [-0.39, 0.29) is 36.1 Å². The van der Waals surface area contributed by atoms with E-state index < -0.39 is 0 Å². The third-order valence-electron chi connectivity index (χ3n) is 4.03. The molecule has 2 heterocycles. The second-order valence-corrected chi connectivity index (χ2v) is 6.50. The van der Waals surface area contributed by atoms with E-state index in [0.717, 1.165) is 49.5 Å². The lowest BCUT2D eigenvalue weighted by Gasteiger charge is -2.35. The predicted molar refractivity (Wildman–Crippen MR) is 99.1 cm³/mol. The van der Waals surface area contributed by atoms with Gasteiger partial charge in [0.05, 0.1) is 22.7 Å². The van der Waals surface area contributed by atoms with E-state index in [0.29, 0.717) is 13.2 Å². The third-order valence-corrected chi connectivity index (χ3v) is 5.07. The molecule has 8 heteroatoms. The number of thiazole rings is 1. The maximum Gasteiger partial charge on any atom is 0.228 e. The maximum absolute atomic E-state index is 12.5. The normalized spacial score (nSPS) is 16.1. The molecule has 5 nitrogen and oxygen atoms in total. The fourth-order valence-electron chi connectivity index (χ4n) is 2.74. The number of halogens is 2. The summed E-state index contributed by atoms with van der Waals surface area (Å²) in [6.45, 7) is 5.00. The Morgan fingerprint density at radius 1 is 1.43 bits per heavy atom. The first-order valence-corrected chi connectivity index (χ1v) is 8.49. The molecule has 0 saturated carbocycles. The summed E-state index contributed by atoms with van der Waals surface area (Å²) in [5.74, 6) is 0.122. The Labute approximate surface area is 154 Å². The van der Waals surface area contributed by atoms with E-state index in [1.54, 1.807) is 18.4 Å². The molecule has 0 bridgehead atoms. The zero-order valence-corrected chi connectivity index (χ0v) is 16.2. The lowest BCUT2D eigenvalue weighted by Crippen LogP contribution is -2.50. The van der Waals surface area contributed by atoms with Gasteiger partial charge in [-0.3, -0.25) is 4.79 Å². The van der Waals surface area contributed by atoms with Crippen LogP contribution in [0.1, 0.15) is 30.5 Å². The molecule has 1 aromatic heterocycles. The highest BCUT2D eigenvalue weighted by atomic mass is 35.5. The Hall–Kier alpha value is -0.400. The Morgan fingerprint density at radius 3 is 2.70 bits per heavy atom. The summed E-state index contributed by atoms with van der Waals surface area (Å²) in [6, 6.07) is 0. The number of ether oxygens (including phenoxy) is 1. The van der Waals surface area contributed by atoms with E-state index in [2.05, 4.69) is 27.9 Å². The lowest BCUT2D eigenvalue weighted by molar-refractivity contribution is -0.136. The summed E-state index contributed by atoms with van der Waals surface area (Å²) >= 11 is 1.69.